The molecule has 136 valence electrons. The summed E-state index contributed by atoms with van der Waals surface area (Å²) >= 11 is 0. The number of benzene rings is 1. The predicted octanol–water partition coefficient (Wildman–Crippen LogP) is 4.14. The van der Waals surface area contributed by atoms with Gasteiger partial charge in [0.15, 0.2) is 6.10 Å². The van der Waals surface area contributed by atoms with Crippen molar-refractivity contribution in [3.63, 3.8) is 0 Å². The van der Waals surface area contributed by atoms with Gasteiger partial charge in [-0.05, 0) is 30.4 Å². The Morgan fingerprint density at radius 3 is 2.36 bits per heavy atom. The van der Waals surface area contributed by atoms with E-state index in [1.165, 1.54) is 0 Å². The summed E-state index contributed by atoms with van der Waals surface area (Å²) < 4.78 is 91.7. The van der Waals surface area contributed by atoms with Crippen molar-refractivity contribution in [2.45, 2.75) is 30.9 Å². The van der Waals surface area contributed by atoms with Crippen molar-refractivity contribution < 1.29 is 35.8 Å². The molecule has 2 aliphatic rings. The van der Waals surface area contributed by atoms with Crippen LogP contribution in [0.5, 0.6) is 0 Å². The lowest BCUT2D eigenvalue weighted by Crippen LogP contribution is -2.49. The fourth-order valence-electron chi connectivity index (χ4n) is 3.46. The Hall–Kier alpha value is -2.02. The van der Waals surface area contributed by atoms with Crippen LogP contribution in [0.2, 0.25) is 0 Å². The van der Waals surface area contributed by atoms with Crippen LogP contribution in [-0.4, -0.2) is 30.0 Å². The molecular weight excluding hydrogens is 357 g/mol. The van der Waals surface area contributed by atoms with Gasteiger partial charge in [-0.25, -0.2) is 9.24 Å². The van der Waals surface area contributed by atoms with Crippen LogP contribution in [0.1, 0.15) is 12.0 Å². The number of aliphatic hydroxyl groups excluding tert-OH is 1. The highest BCUT2D eigenvalue weighted by Crippen LogP contribution is 2.54. The molecule has 4 atom stereocenters. The lowest BCUT2D eigenvalue weighted by molar-refractivity contribution is -0.210. The third-order valence-electron chi connectivity index (χ3n) is 4.66. The minimum atomic E-state index is -5.03. The first kappa shape index (κ1) is 17.8. The number of nitrogens with zero attached hydrogens (tertiary/aromatic N) is 2. The van der Waals surface area contributed by atoms with Crippen molar-refractivity contribution in [2.24, 2.45) is 11.8 Å². The molecular formula is C15H11F7N2O. The van der Waals surface area contributed by atoms with Gasteiger partial charge in [0.1, 0.15) is 5.82 Å². The van der Waals surface area contributed by atoms with Crippen LogP contribution in [0.3, 0.4) is 0 Å². The normalized spacial score (nSPS) is 27.0. The van der Waals surface area contributed by atoms with E-state index in [9.17, 15) is 35.8 Å². The highest BCUT2D eigenvalue weighted by molar-refractivity contribution is 5.64. The highest BCUT2D eigenvalue weighted by atomic mass is 19.4. The van der Waals surface area contributed by atoms with Gasteiger partial charge in [-0.15, -0.1) is 0 Å². The number of aliphatic hydroxyl groups is 1. The topological polar surface area (TPSA) is 27.8 Å². The van der Waals surface area contributed by atoms with Crippen LogP contribution >= 0.6 is 0 Å². The van der Waals surface area contributed by atoms with Gasteiger partial charge in [0.25, 0.3) is 0 Å². The van der Waals surface area contributed by atoms with Crippen molar-refractivity contribution in [2.75, 3.05) is 11.4 Å². The predicted molar refractivity (Wildman–Crippen MR) is 72.5 cm³/mol. The second kappa shape index (κ2) is 5.49. The van der Waals surface area contributed by atoms with Gasteiger partial charge in [-0.3, -0.25) is 0 Å². The van der Waals surface area contributed by atoms with Crippen LogP contribution in [0.25, 0.3) is 4.85 Å². The Labute approximate surface area is 137 Å². The van der Waals surface area contributed by atoms with Crippen molar-refractivity contribution in [3.8, 4) is 0 Å². The van der Waals surface area contributed by atoms with Crippen molar-refractivity contribution >= 4 is 11.4 Å². The summed E-state index contributed by atoms with van der Waals surface area (Å²) in [6, 6.07) is -0.384. The molecule has 1 aliphatic carbocycles. The monoisotopic (exact) mass is 368 g/mol. The van der Waals surface area contributed by atoms with Gasteiger partial charge in [0.2, 0.25) is 5.69 Å². The van der Waals surface area contributed by atoms with E-state index >= 15 is 0 Å². The Morgan fingerprint density at radius 1 is 1.20 bits per heavy atom. The maximum Gasteiger partial charge on any atom is 0.416 e. The van der Waals surface area contributed by atoms with E-state index in [0.29, 0.717) is 18.6 Å². The van der Waals surface area contributed by atoms with E-state index < -0.39 is 53.2 Å². The van der Waals surface area contributed by atoms with Crippen molar-refractivity contribution in [3.05, 3.63) is 34.9 Å². The third-order valence-corrected chi connectivity index (χ3v) is 4.66. The second-order valence-electron chi connectivity index (χ2n) is 6.22. The van der Waals surface area contributed by atoms with Gasteiger partial charge in [0.05, 0.1) is 18.2 Å². The summed E-state index contributed by atoms with van der Waals surface area (Å²) in [6.45, 7) is 6.69. The molecule has 3 rings (SSSR count). The Balaban J connectivity index is 2.04. The summed E-state index contributed by atoms with van der Waals surface area (Å²) in [4.78, 5) is 3.49. The summed E-state index contributed by atoms with van der Waals surface area (Å²) in [5, 5.41) is 9.58. The highest BCUT2D eigenvalue weighted by Gasteiger charge is 2.60. The van der Waals surface area contributed by atoms with E-state index in [1.54, 1.807) is 0 Å². The molecule has 0 unspecified atom stereocenters. The maximum atomic E-state index is 13.9. The van der Waals surface area contributed by atoms with Crippen molar-refractivity contribution in [1.29, 1.82) is 0 Å². The van der Waals surface area contributed by atoms with E-state index in [4.69, 9.17) is 6.57 Å². The molecule has 2 fully saturated rings. The largest absolute Gasteiger partial charge is 0.416 e. The molecule has 25 heavy (non-hydrogen) atoms. The molecule has 0 amide bonds. The molecule has 1 aliphatic heterocycles. The average molecular weight is 368 g/mol. The molecule has 1 heterocycles. The number of halogens is 7. The molecule has 1 N–H and O–H groups in total. The number of anilines is 1. The number of alkyl halides is 6. The second-order valence-corrected chi connectivity index (χ2v) is 6.22. The molecule has 0 bridgehead atoms. The fourth-order valence-corrected chi connectivity index (χ4v) is 3.46. The van der Waals surface area contributed by atoms with E-state index in [-0.39, 0.29) is 12.5 Å². The van der Waals surface area contributed by atoms with Crippen LogP contribution in [-0.2, 0) is 6.18 Å². The van der Waals surface area contributed by atoms with E-state index in [2.05, 4.69) is 4.85 Å². The van der Waals surface area contributed by atoms with E-state index in [0.717, 1.165) is 4.90 Å². The molecule has 0 aromatic heterocycles. The molecule has 1 aromatic rings. The minimum Gasteiger partial charge on any atom is -0.382 e. The molecule has 0 radical (unpaired) electrons. The number of piperidine rings is 1. The van der Waals surface area contributed by atoms with Gasteiger partial charge < -0.3 is 10.0 Å². The third kappa shape index (κ3) is 3.01. The van der Waals surface area contributed by atoms with Crippen LogP contribution in [0.4, 0.5) is 42.1 Å². The molecule has 1 aromatic carbocycles. The first-order valence-corrected chi connectivity index (χ1v) is 7.24. The zero-order chi connectivity index (χ0) is 18.7. The lowest BCUT2D eigenvalue weighted by atomic mass is 10.0. The van der Waals surface area contributed by atoms with Gasteiger partial charge in [-0.2, -0.15) is 26.3 Å². The first-order chi connectivity index (χ1) is 11.4. The zero-order valence-corrected chi connectivity index (χ0v) is 12.4. The molecule has 3 nitrogen and oxygen atoms in total. The smallest absolute Gasteiger partial charge is 0.382 e. The van der Waals surface area contributed by atoms with Crippen LogP contribution < -0.4 is 4.90 Å². The summed E-state index contributed by atoms with van der Waals surface area (Å²) in [7, 11) is 0. The average Bonchev–Trinajstić information content (AvgIpc) is 3.14. The lowest BCUT2D eigenvalue weighted by Gasteiger charge is -2.34. The summed E-state index contributed by atoms with van der Waals surface area (Å²) in [6.07, 6.45) is -12.3. The number of hydrogen-bond donors (Lipinski definition) is 1. The van der Waals surface area contributed by atoms with Crippen LogP contribution in [0, 0.1) is 24.2 Å². The SMILES string of the molecule is [C-]#[N+]c1c(F)cc(N2C[C@H]3C[C@H]3[C@@H]2[C@@H](O)C(F)(F)F)cc1C(F)(F)F. The zero-order valence-electron chi connectivity index (χ0n) is 12.4. The summed E-state index contributed by atoms with van der Waals surface area (Å²) in [5.41, 5.74) is -3.19. The molecule has 1 saturated carbocycles. The van der Waals surface area contributed by atoms with Crippen LogP contribution in [0.15, 0.2) is 12.1 Å². The summed E-state index contributed by atoms with van der Waals surface area (Å²) in [5.74, 6) is -2.14. The minimum absolute atomic E-state index is 0.00340. The number of hydrogen-bond acceptors (Lipinski definition) is 2. The Bertz CT molecular complexity index is 737. The maximum absolute atomic E-state index is 13.9. The van der Waals surface area contributed by atoms with Gasteiger partial charge >= 0.3 is 12.4 Å². The quantitative estimate of drug-likeness (QED) is 0.628. The molecule has 0 spiro atoms. The van der Waals surface area contributed by atoms with E-state index in [1.807, 2.05) is 0 Å². The fraction of sp³-hybridized carbons (Fsp3) is 0.533. The van der Waals surface area contributed by atoms with Gasteiger partial charge in [-0.1, -0.05) is 0 Å². The Kier molecular flexibility index (Phi) is 3.91. The Morgan fingerprint density at radius 2 is 1.84 bits per heavy atom. The number of fused-ring (bicyclic) bond motifs is 1. The molecule has 10 heteroatoms. The van der Waals surface area contributed by atoms with Gasteiger partial charge in [0, 0.05) is 12.2 Å². The molecule has 1 saturated heterocycles. The number of rotatable bonds is 2. The van der Waals surface area contributed by atoms with Crippen molar-refractivity contribution in [1.82, 2.24) is 0 Å². The first-order valence-electron chi connectivity index (χ1n) is 7.24. The standard InChI is InChI=1S/C15H11F7N2O/c1-23-11-9(14(17,18)19)3-7(4-10(11)16)24-5-6-2-8(6)12(24)13(25)15(20,21)22/h3-4,6,8,12-13,25H,2,5H2/t6-,8-,12-,13-/m1/s1.